The van der Waals surface area contributed by atoms with E-state index in [-0.39, 0.29) is 18.2 Å². The maximum absolute atomic E-state index is 13.0. The maximum Gasteiger partial charge on any atom is 0.326 e. The molecule has 0 unspecified atom stereocenters. The second-order valence-electron chi connectivity index (χ2n) is 6.98. The number of nitrogens with two attached hydrogens (primary N) is 1. The van der Waals surface area contributed by atoms with Gasteiger partial charge in [0.05, 0.1) is 12.7 Å². The molecule has 0 aliphatic heterocycles. The van der Waals surface area contributed by atoms with E-state index in [0.29, 0.717) is 33.5 Å². The average molecular weight is 452 g/mol. The number of carbonyl (C=O) groups is 2. The summed E-state index contributed by atoms with van der Waals surface area (Å²) in [6.45, 7) is 0. The van der Waals surface area contributed by atoms with Crippen molar-refractivity contribution in [3.63, 3.8) is 0 Å². The minimum absolute atomic E-state index is 0.0702. The summed E-state index contributed by atoms with van der Waals surface area (Å²) in [5.41, 5.74) is 8.59. The summed E-state index contributed by atoms with van der Waals surface area (Å²) in [7, 11) is -3.92. The lowest BCUT2D eigenvalue weighted by Crippen LogP contribution is -2.15. The summed E-state index contributed by atoms with van der Waals surface area (Å²) >= 11 is 0. The molecule has 164 valence electrons. The first-order valence-electron chi connectivity index (χ1n) is 9.49. The lowest BCUT2D eigenvalue weighted by atomic mass is 9.93. The Morgan fingerprint density at radius 3 is 2.16 bits per heavy atom. The van der Waals surface area contributed by atoms with Crippen molar-refractivity contribution in [2.24, 2.45) is 5.73 Å². The Bertz CT molecular complexity index is 1280. The number of rotatable bonds is 7. The van der Waals surface area contributed by atoms with Gasteiger partial charge in [-0.1, -0.05) is 42.5 Å². The number of nitrogens with one attached hydrogen (secondary N) is 2. The predicted octanol–water partition coefficient (Wildman–Crippen LogP) is 2.94. The third kappa shape index (κ3) is 5.79. The van der Waals surface area contributed by atoms with E-state index >= 15 is 0 Å². The van der Waals surface area contributed by atoms with E-state index in [1.807, 2.05) is 0 Å². The molecule has 0 fully saturated rings. The van der Waals surface area contributed by atoms with E-state index in [2.05, 4.69) is 9.50 Å². The molecule has 0 atom stereocenters. The number of hydrogen-bond donors (Lipinski definition) is 3. The zero-order valence-electron chi connectivity index (χ0n) is 17.2. The fourth-order valence-corrected chi connectivity index (χ4v) is 3.54. The van der Waals surface area contributed by atoms with Crippen LogP contribution in [0.25, 0.3) is 11.1 Å². The van der Waals surface area contributed by atoms with Crippen molar-refractivity contribution in [1.82, 2.24) is 0 Å². The van der Waals surface area contributed by atoms with E-state index in [4.69, 9.17) is 11.1 Å². The molecule has 0 aromatic heterocycles. The van der Waals surface area contributed by atoms with Gasteiger partial charge >= 0.3 is 16.1 Å². The van der Waals surface area contributed by atoms with Crippen molar-refractivity contribution in [3.05, 3.63) is 89.5 Å². The molecule has 32 heavy (non-hydrogen) atoms. The molecule has 0 bridgehead atoms. The van der Waals surface area contributed by atoms with E-state index in [0.717, 1.165) is 6.26 Å². The second kappa shape index (κ2) is 9.44. The van der Waals surface area contributed by atoms with E-state index < -0.39 is 16.1 Å². The van der Waals surface area contributed by atoms with Gasteiger partial charge < -0.3 is 15.2 Å². The van der Waals surface area contributed by atoms with Crippen LogP contribution >= 0.6 is 0 Å². The first kappa shape index (κ1) is 22.7. The van der Waals surface area contributed by atoms with Gasteiger partial charge in [0.1, 0.15) is 5.84 Å². The van der Waals surface area contributed by atoms with Gasteiger partial charge in [0, 0.05) is 16.8 Å². The van der Waals surface area contributed by atoms with Crippen molar-refractivity contribution < 1.29 is 22.2 Å². The zero-order chi connectivity index (χ0) is 23.3. The quantitative estimate of drug-likeness (QED) is 0.287. The van der Waals surface area contributed by atoms with Gasteiger partial charge in [-0.3, -0.25) is 15.0 Å². The van der Waals surface area contributed by atoms with Gasteiger partial charge in [-0.25, -0.2) is 0 Å². The zero-order valence-corrected chi connectivity index (χ0v) is 18.0. The number of amides is 1. The first-order chi connectivity index (χ1) is 15.1. The number of hydrogen-bond acceptors (Lipinski definition) is 6. The molecule has 0 saturated heterocycles. The summed E-state index contributed by atoms with van der Waals surface area (Å²) in [4.78, 5) is 25.0. The highest BCUT2D eigenvalue weighted by atomic mass is 32.2. The standard InChI is InChI=1S/C23H21N3O5S/c1-32(29,30)31-21(27)14-16-6-2-3-7-18(16)19-8-4-5-9-20(19)23(28)26-17-12-10-15(11-13-17)22(24)25/h2-13H,14H2,1H3,(H3,24,25)(H,26,28). The normalized spacial score (nSPS) is 10.9. The Morgan fingerprint density at radius 1 is 0.938 bits per heavy atom. The highest BCUT2D eigenvalue weighted by molar-refractivity contribution is 7.86. The van der Waals surface area contributed by atoms with Gasteiger partial charge in [-0.2, -0.15) is 8.42 Å². The Balaban J connectivity index is 1.90. The van der Waals surface area contributed by atoms with E-state index in [1.54, 1.807) is 72.8 Å². The van der Waals surface area contributed by atoms with Gasteiger partial charge in [-0.15, -0.1) is 0 Å². The maximum atomic E-state index is 13.0. The number of amidine groups is 1. The van der Waals surface area contributed by atoms with Crippen LogP contribution in [0, 0.1) is 5.41 Å². The molecule has 4 N–H and O–H groups in total. The molecule has 0 saturated carbocycles. The molecule has 0 aliphatic rings. The summed E-state index contributed by atoms with van der Waals surface area (Å²) in [5.74, 6) is -1.35. The highest BCUT2D eigenvalue weighted by Crippen LogP contribution is 2.28. The largest absolute Gasteiger partial charge is 0.384 e. The molecular formula is C23H21N3O5S. The Morgan fingerprint density at radius 2 is 1.53 bits per heavy atom. The van der Waals surface area contributed by atoms with Crippen LogP contribution in [-0.2, 0) is 25.5 Å². The van der Waals surface area contributed by atoms with Crippen molar-refractivity contribution in [2.45, 2.75) is 6.42 Å². The van der Waals surface area contributed by atoms with Crippen molar-refractivity contribution in [2.75, 3.05) is 11.6 Å². The van der Waals surface area contributed by atoms with Crippen LogP contribution in [0.3, 0.4) is 0 Å². The predicted molar refractivity (Wildman–Crippen MR) is 122 cm³/mol. The van der Waals surface area contributed by atoms with Crippen LogP contribution < -0.4 is 11.1 Å². The van der Waals surface area contributed by atoms with Gasteiger partial charge in [0.25, 0.3) is 5.91 Å². The molecule has 9 heteroatoms. The molecule has 0 heterocycles. The lowest BCUT2D eigenvalue weighted by Gasteiger charge is -2.14. The molecular weight excluding hydrogens is 430 g/mol. The number of nitrogen functional groups attached to an aromatic ring is 1. The third-order valence-electron chi connectivity index (χ3n) is 4.51. The molecule has 1 amide bonds. The van der Waals surface area contributed by atoms with Crippen LogP contribution in [0.15, 0.2) is 72.8 Å². The van der Waals surface area contributed by atoms with Crippen LogP contribution in [0.5, 0.6) is 0 Å². The minimum Gasteiger partial charge on any atom is -0.384 e. The van der Waals surface area contributed by atoms with Gasteiger partial charge in [0.2, 0.25) is 0 Å². The molecule has 0 spiro atoms. The minimum atomic E-state index is -3.92. The highest BCUT2D eigenvalue weighted by Gasteiger charge is 2.18. The number of anilines is 1. The molecule has 3 aromatic rings. The second-order valence-corrected chi connectivity index (χ2v) is 8.56. The smallest absolute Gasteiger partial charge is 0.326 e. The van der Waals surface area contributed by atoms with Crippen molar-refractivity contribution in [3.8, 4) is 11.1 Å². The Hall–Kier alpha value is -3.98. The molecule has 3 rings (SSSR count). The Labute approximate surface area is 185 Å². The monoisotopic (exact) mass is 451 g/mol. The van der Waals surface area contributed by atoms with Crippen LogP contribution in [0.2, 0.25) is 0 Å². The SMILES string of the molecule is CS(=O)(=O)OC(=O)Cc1ccccc1-c1ccccc1C(=O)Nc1ccc(C(=N)N)cc1. The summed E-state index contributed by atoms with van der Waals surface area (Å²) < 4.78 is 26.9. The molecule has 0 radical (unpaired) electrons. The van der Waals surface area contributed by atoms with E-state index in [9.17, 15) is 18.0 Å². The van der Waals surface area contributed by atoms with E-state index in [1.165, 1.54) is 0 Å². The molecule has 8 nitrogen and oxygen atoms in total. The Kier molecular flexibility index (Phi) is 6.70. The van der Waals surface area contributed by atoms with Gasteiger partial charge in [-0.05, 0) is 47.0 Å². The molecule has 0 aliphatic carbocycles. The first-order valence-corrected chi connectivity index (χ1v) is 11.3. The van der Waals surface area contributed by atoms with Crippen LogP contribution in [0.1, 0.15) is 21.5 Å². The molecule has 3 aromatic carbocycles. The fraction of sp³-hybridized carbons (Fsp3) is 0.0870. The average Bonchev–Trinajstić information content (AvgIpc) is 2.73. The van der Waals surface area contributed by atoms with Crippen LogP contribution in [0.4, 0.5) is 5.69 Å². The topological polar surface area (TPSA) is 139 Å². The number of carbonyl (C=O) groups excluding carboxylic acids is 2. The summed E-state index contributed by atoms with van der Waals surface area (Å²) in [6, 6.07) is 20.3. The lowest BCUT2D eigenvalue weighted by molar-refractivity contribution is -0.133. The van der Waals surface area contributed by atoms with Crippen LogP contribution in [-0.4, -0.2) is 32.4 Å². The van der Waals surface area contributed by atoms with Crippen molar-refractivity contribution >= 4 is 33.5 Å². The summed E-state index contributed by atoms with van der Waals surface area (Å²) in [5, 5.41) is 10.3. The number of benzene rings is 3. The van der Waals surface area contributed by atoms with Crippen molar-refractivity contribution in [1.29, 1.82) is 5.41 Å². The summed E-state index contributed by atoms with van der Waals surface area (Å²) in [6.07, 6.45) is 0.533. The van der Waals surface area contributed by atoms with Gasteiger partial charge in [0.15, 0.2) is 0 Å². The fourth-order valence-electron chi connectivity index (χ4n) is 3.14. The third-order valence-corrected chi connectivity index (χ3v) is 5.00.